The van der Waals surface area contributed by atoms with E-state index in [2.05, 4.69) is 5.32 Å². The minimum Gasteiger partial charge on any atom is -0.378 e. The number of carbonyl (C=O) groups excluding carboxylic acids is 1. The van der Waals surface area contributed by atoms with Crippen molar-refractivity contribution in [3.63, 3.8) is 0 Å². The maximum absolute atomic E-state index is 12.5. The van der Waals surface area contributed by atoms with E-state index < -0.39 is 11.5 Å². The van der Waals surface area contributed by atoms with E-state index in [4.69, 9.17) is 11.6 Å². The standard InChI is InChI=1S/C18H21ClN2O3/c1-12-6-4-9-16(22)21(12)11-18(3,24)17(23)20-13(2)14-7-5-8-15(19)10-14/h4-10,13,24H,11H2,1-3H3,(H,20,23)/t13-,18+/m1/s1. The Morgan fingerprint density at radius 3 is 2.62 bits per heavy atom. The maximum atomic E-state index is 12.5. The van der Waals surface area contributed by atoms with E-state index >= 15 is 0 Å². The summed E-state index contributed by atoms with van der Waals surface area (Å²) in [5, 5.41) is 13.9. The first-order valence-electron chi connectivity index (χ1n) is 7.66. The zero-order valence-corrected chi connectivity index (χ0v) is 14.7. The SMILES string of the molecule is Cc1cccc(=O)n1C[C@](C)(O)C(=O)N[C@H](C)c1cccc(Cl)c1. The molecule has 0 aliphatic heterocycles. The Labute approximate surface area is 145 Å². The van der Waals surface area contributed by atoms with Crippen LogP contribution in [-0.2, 0) is 11.3 Å². The van der Waals surface area contributed by atoms with Gasteiger partial charge < -0.3 is 15.0 Å². The number of hydrogen-bond acceptors (Lipinski definition) is 3. The van der Waals surface area contributed by atoms with Gasteiger partial charge in [-0.15, -0.1) is 0 Å². The molecular weight excluding hydrogens is 328 g/mol. The lowest BCUT2D eigenvalue weighted by atomic mass is 10.0. The van der Waals surface area contributed by atoms with Crippen molar-refractivity contribution in [1.82, 2.24) is 9.88 Å². The van der Waals surface area contributed by atoms with Crippen LogP contribution in [0.2, 0.25) is 5.02 Å². The predicted molar refractivity (Wildman–Crippen MR) is 94.1 cm³/mol. The summed E-state index contributed by atoms with van der Waals surface area (Å²) >= 11 is 5.96. The normalized spacial score (nSPS) is 14.7. The summed E-state index contributed by atoms with van der Waals surface area (Å²) in [6.45, 7) is 4.84. The topological polar surface area (TPSA) is 71.3 Å². The van der Waals surface area contributed by atoms with Crippen molar-refractivity contribution in [2.75, 3.05) is 0 Å². The molecule has 0 bridgehead atoms. The molecule has 0 saturated carbocycles. The minimum atomic E-state index is -1.72. The molecule has 24 heavy (non-hydrogen) atoms. The summed E-state index contributed by atoms with van der Waals surface area (Å²) in [4.78, 5) is 24.4. The highest BCUT2D eigenvalue weighted by atomic mass is 35.5. The average Bonchev–Trinajstić information content (AvgIpc) is 2.51. The van der Waals surface area contributed by atoms with Crippen LogP contribution in [0, 0.1) is 6.92 Å². The molecule has 0 aliphatic rings. The van der Waals surface area contributed by atoms with Crippen molar-refractivity contribution >= 4 is 17.5 Å². The van der Waals surface area contributed by atoms with Gasteiger partial charge in [-0.1, -0.05) is 29.8 Å². The summed E-state index contributed by atoms with van der Waals surface area (Å²) in [5.74, 6) is -0.551. The maximum Gasteiger partial charge on any atom is 0.254 e. The van der Waals surface area contributed by atoms with Crippen LogP contribution in [-0.4, -0.2) is 21.2 Å². The third kappa shape index (κ3) is 4.24. The molecular formula is C18H21ClN2O3. The summed E-state index contributed by atoms with van der Waals surface area (Å²) in [6, 6.07) is 11.6. The molecule has 2 rings (SSSR count). The number of amides is 1. The number of nitrogens with one attached hydrogen (secondary N) is 1. The summed E-state index contributed by atoms with van der Waals surface area (Å²) < 4.78 is 1.38. The van der Waals surface area contributed by atoms with E-state index in [-0.39, 0.29) is 18.1 Å². The Balaban J connectivity index is 2.14. The first-order chi connectivity index (χ1) is 11.2. The fraction of sp³-hybridized carbons (Fsp3) is 0.333. The molecule has 1 aromatic carbocycles. The van der Waals surface area contributed by atoms with Crippen LogP contribution in [0.1, 0.15) is 31.1 Å². The van der Waals surface area contributed by atoms with E-state index in [9.17, 15) is 14.7 Å². The van der Waals surface area contributed by atoms with Crippen LogP contribution >= 0.6 is 11.6 Å². The van der Waals surface area contributed by atoms with Crippen molar-refractivity contribution in [3.05, 3.63) is 69.1 Å². The van der Waals surface area contributed by atoms with Crippen molar-refractivity contribution in [1.29, 1.82) is 0 Å². The number of nitrogens with zero attached hydrogens (tertiary/aromatic N) is 1. The number of benzene rings is 1. The molecule has 6 heteroatoms. The molecule has 2 aromatic rings. The van der Waals surface area contributed by atoms with Gasteiger partial charge in [0.2, 0.25) is 0 Å². The largest absolute Gasteiger partial charge is 0.378 e. The highest BCUT2D eigenvalue weighted by Crippen LogP contribution is 2.18. The van der Waals surface area contributed by atoms with Crippen LogP contribution in [0.4, 0.5) is 0 Å². The molecule has 1 aromatic heterocycles. The van der Waals surface area contributed by atoms with Gasteiger partial charge in [0.1, 0.15) is 0 Å². The average molecular weight is 349 g/mol. The van der Waals surface area contributed by atoms with E-state index in [1.807, 2.05) is 6.07 Å². The minimum absolute atomic E-state index is 0.118. The smallest absolute Gasteiger partial charge is 0.254 e. The number of halogens is 1. The van der Waals surface area contributed by atoms with Gasteiger partial charge in [-0.3, -0.25) is 9.59 Å². The van der Waals surface area contributed by atoms with Crippen molar-refractivity contribution in [2.24, 2.45) is 0 Å². The van der Waals surface area contributed by atoms with Gasteiger partial charge in [0.15, 0.2) is 5.60 Å². The Morgan fingerprint density at radius 1 is 1.33 bits per heavy atom. The van der Waals surface area contributed by atoms with E-state index in [0.717, 1.165) is 5.56 Å². The lowest BCUT2D eigenvalue weighted by Crippen LogP contribution is -2.49. The van der Waals surface area contributed by atoms with Crippen LogP contribution in [0.3, 0.4) is 0 Å². The summed E-state index contributed by atoms with van der Waals surface area (Å²) in [7, 11) is 0. The van der Waals surface area contributed by atoms with Gasteiger partial charge in [-0.2, -0.15) is 0 Å². The second-order valence-electron chi connectivity index (χ2n) is 6.12. The summed E-state index contributed by atoms with van der Waals surface area (Å²) in [5.41, 5.74) is -0.466. The van der Waals surface area contributed by atoms with Gasteiger partial charge in [-0.05, 0) is 44.5 Å². The van der Waals surface area contributed by atoms with Crippen LogP contribution < -0.4 is 10.9 Å². The van der Waals surface area contributed by atoms with E-state index in [1.54, 1.807) is 44.2 Å². The first kappa shape index (κ1) is 18.2. The Hall–Kier alpha value is -2.11. The third-order valence-corrected chi connectivity index (χ3v) is 4.15. The lowest BCUT2D eigenvalue weighted by molar-refractivity contribution is -0.140. The van der Waals surface area contributed by atoms with Gasteiger partial charge in [-0.25, -0.2) is 0 Å². The molecule has 0 radical (unpaired) electrons. The van der Waals surface area contributed by atoms with Crippen molar-refractivity contribution in [3.8, 4) is 0 Å². The van der Waals surface area contributed by atoms with Gasteiger partial charge in [0.05, 0.1) is 12.6 Å². The quantitative estimate of drug-likeness (QED) is 0.871. The van der Waals surface area contributed by atoms with Gasteiger partial charge in [0.25, 0.3) is 11.5 Å². The van der Waals surface area contributed by atoms with Gasteiger partial charge >= 0.3 is 0 Å². The van der Waals surface area contributed by atoms with E-state index in [1.165, 1.54) is 17.6 Å². The molecule has 0 spiro atoms. The second kappa shape index (κ2) is 7.20. The predicted octanol–water partition coefficient (Wildman–Crippen LogP) is 2.44. The number of aromatic nitrogens is 1. The summed E-state index contributed by atoms with van der Waals surface area (Å²) in [6.07, 6.45) is 0. The molecule has 0 unspecified atom stereocenters. The lowest BCUT2D eigenvalue weighted by Gasteiger charge is -2.26. The van der Waals surface area contributed by atoms with Crippen molar-refractivity contribution in [2.45, 2.75) is 39.0 Å². The molecule has 1 amide bonds. The zero-order valence-electron chi connectivity index (χ0n) is 13.9. The molecule has 2 atom stereocenters. The molecule has 128 valence electrons. The number of aryl methyl sites for hydroxylation is 1. The number of rotatable bonds is 5. The number of carbonyl (C=O) groups is 1. The molecule has 0 fully saturated rings. The number of pyridine rings is 1. The number of hydrogen-bond donors (Lipinski definition) is 2. The molecule has 1 heterocycles. The third-order valence-electron chi connectivity index (χ3n) is 3.92. The van der Waals surface area contributed by atoms with Crippen LogP contribution in [0.5, 0.6) is 0 Å². The van der Waals surface area contributed by atoms with Crippen molar-refractivity contribution < 1.29 is 9.90 Å². The van der Waals surface area contributed by atoms with Crippen LogP contribution in [0.15, 0.2) is 47.3 Å². The number of aliphatic hydroxyl groups is 1. The fourth-order valence-corrected chi connectivity index (χ4v) is 2.62. The van der Waals surface area contributed by atoms with Crippen LogP contribution in [0.25, 0.3) is 0 Å². The molecule has 2 N–H and O–H groups in total. The van der Waals surface area contributed by atoms with E-state index in [0.29, 0.717) is 10.7 Å². The highest BCUT2D eigenvalue weighted by Gasteiger charge is 2.32. The zero-order chi connectivity index (χ0) is 17.9. The Morgan fingerprint density at radius 2 is 2.00 bits per heavy atom. The molecule has 5 nitrogen and oxygen atoms in total. The fourth-order valence-electron chi connectivity index (χ4n) is 2.42. The van der Waals surface area contributed by atoms with Gasteiger partial charge in [0, 0.05) is 16.8 Å². The Bertz CT molecular complexity index is 799. The highest BCUT2D eigenvalue weighted by molar-refractivity contribution is 6.30. The first-order valence-corrected chi connectivity index (χ1v) is 8.04. The monoisotopic (exact) mass is 348 g/mol. The molecule has 0 saturated heterocycles. The molecule has 0 aliphatic carbocycles. The Kier molecular flexibility index (Phi) is 5.47. The second-order valence-corrected chi connectivity index (χ2v) is 6.55.